The van der Waals surface area contributed by atoms with E-state index in [2.05, 4.69) is 29.4 Å². The Kier molecular flexibility index (Phi) is 5.61. The maximum Gasteiger partial charge on any atom is 0.230 e. The SMILES string of the molecule is Cc1cccc(CNC(=O)CSCc2cnc(C)s2)c1. The predicted octanol–water partition coefficient (Wildman–Crippen LogP) is 3.31. The number of thiazole rings is 1. The summed E-state index contributed by atoms with van der Waals surface area (Å²) in [6.45, 7) is 4.65. The van der Waals surface area contributed by atoms with E-state index in [1.165, 1.54) is 10.4 Å². The maximum atomic E-state index is 11.8. The Morgan fingerprint density at radius 2 is 2.25 bits per heavy atom. The zero-order valence-electron chi connectivity index (χ0n) is 11.7. The van der Waals surface area contributed by atoms with Crippen LogP contribution >= 0.6 is 23.1 Å². The van der Waals surface area contributed by atoms with E-state index < -0.39 is 0 Å². The van der Waals surface area contributed by atoms with Crippen molar-refractivity contribution in [2.45, 2.75) is 26.1 Å². The minimum Gasteiger partial charge on any atom is -0.351 e. The molecule has 2 rings (SSSR count). The summed E-state index contributed by atoms with van der Waals surface area (Å²) in [4.78, 5) is 17.2. The van der Waals surface area contributed by atoms with Gasteiger partial charge in [0.05, 0.1) is 10.8 Å². The van der Waals surface area contributed by atoms with Crippen LogP contribution in [-0.4, -0.2) is 16.6 Å². The molecule has 0 aliphatic heterocycles. The van der Waals surface area contributed by atoms with Gasteiger partial charge in [-0.1, -0.05) is 29.8 Å². The molecule has 20 heavy (non-hydrogen) atoms. The van der Waals surface area contributed by atoms with Crippen LogP contribution in [0.2, 0.25) is 0 Å². The molecule has 1 aromatic heterocycles. The second-order valence-electron chi connectivity index (χ2n) is 4.60. The Balaban J connectivity index is 1.68. The topological polar surface area (TPSA) is 42.0 Å². The molecule has 0 aliphatic carbocycles. The van der Waals surface area contributed by atoms with Gasteiger partial charge in [-0.25, -0.2) is 4.98 Å². The van der Waals surface area contributed by atoms with Crippen molar-refractivity contribution in [1.82, 2.24) is 10.3 Å². The lowest BCUT2D eigenvalue weighted by atomic mass is 10.1. The first kappa shape index (κ1) is 15.1. The van der Waals surface area contributed by atoms with Gasteiger partial charge in [0.15, 0.2) is 0 Å². The molecular weight excluding hydrogens is 288 g/mol. The second kappa shape index (κ2) is 7.45. The van der Waals surface area contributed by atoms with Crippen LogP contribution in [0.25, 0.3) is 0 Å². The normalized spacial score (nSPS) is 10.5. The fourth-order valence-electron chi connectivity index (χ4n) is 1.79. The van der Waals surface area contributed by atoms with Crippen LogP contribution in [0.15, 0.2) is 30.5 Å². The van der Waals surface area contributed by atoms with E-state index in [0.717, 1.165) is 16.3 Å². The quantitative estimate of drug-likeness (QED) is 0.890. The first-order chi connectivity index (χ1) is 9.63. The summed E-state index contributed by atoms with van der Waals surface area (Å²) in [6.07, 6.45) is 1.89. The highest BCUT2D eigenvalue weighted by atomic mass is 32.2. The second-order valence-corrected chi connectivity index (χ2v) is 6.91. The van der Waals surface area contributed by atoms with Crippen LogP contribution in [0.5, 0.6) is 0 Å². The highest BCUT2D eigenvalue weighted by molar-refractivity contribution is 7.99. The van der Waals surface area contributed by atoms with Crippen molar-refractivity contribution in [2.24, 2.45) is 0 Å². The Labute approximate surface area is 127 Å². The van der Waals surface area contributed by atoms with Gasteiger partial charge in [0.1, 0.15) is 0 Å². The number of benzene rings is 1. The Morgan fingerprint density at radius 3 is 2.95 bits per heavy atom. The highest BCUT2D eigenvalue weighted by Gasteiger charge is 2.04. The van der Waals surface area contributed by atoms with Crippen LogP contribution in [0.4, 0.5) is 0 Å². The van der Waals surface area contributed by atoms with E-state index in [1.54, 1.807) is 23.1 Å². The van der Waals surface area contributed by atoms with Crippen molar-refractivity contribution in [2.75, 3.05) is 5.75 Å². The third-order valence-electron chi connectivity index (χ3n) is 2.72. The summed E-state index contributed by atoms with van der Waals surface area (Å²) >= 11 is 3.31. The van der Waals surface area contributed by atoms with Crippen LogP contribution in [0, 0.1) is 13.8 Å². The summed E-state index contributed by atoms with van der Waals surface area (Å²) < 4.78 is 0. The molecule has 5 heteroatoms. The fraction of sp³-hybridized carbons (Fsp3) is 0.333. The van der Waals surface area contributed by atoms with Gasteiger partial charge in [-0.05, 0) is 19.4 Å². The number of carbonyl (C=O) groups is 1. The first-order valence-electron chi connectivity index (χ1n) is 6.45. The summed E-state index contributed by atoms with van der Waals surface area (Å²) in [5, 5.41) is 4.02. The zero-order chi connectivity index (χ0) is 14.4. The molecule has 1 N–H and O–H groups in total. The Bertz CT molecular complexity index is 581. The largest absolute Gasteiger partial charge is 0.351 e. The minimum absolute atomic E-state index is 0.0812. The smallest absolute Gasteiger partial charge is 0.230 e. The standard InChI is InChI=1S/C15H18N2OS2/c1-11-4-3-5-13(6-11)7-17-15(18)10-19-9-14-8-16-12(2)20-14/h3-6,8H,7,9-10H2,1-2H3,(H,17,18). The van der Waals surface area contributed by atoms with Gasteiger partial charge in [-0.15, -0.1) is 23.1 Å². The molecule has 106 valence electrons. The monoisotopic (exact) mass is 306 g/mol. The first-order valence-corrected chi connectivity index (χ1v) is 8.42. The molecule has 0 aliphatic rings. The summed E-state index contributed by atoms with van der Waals surface area (Å²) in [7, 11) is 0. The molecule has 0 fully saturated rings. The molecule has 0 unspecified atom stereocenters. The summed E-state index contributed by atoms with van der Waals surface area (Å²) in [6, 6.07) is 8.18. The number of aryl methyl sites for hydroxylation is 2. The van der Waals surface area contributed by atoms with E-state index in [9.17, 15) is 4.79 Å². The number of nitrogens with one attached hydrogen (secondary N) is 1. The van der Waals surface area contributed by atoms with Crippen molar-refractivity contribution in [3.05, 3.63) is 51.5 Å². The molecular formula is C15H18N2OS2. The van der Waals surface area contributed by atoms with Gasteiger partial charge in [-0.3, -0.25) is 4.79 Å². The molecule has 2 aromatic rings. The fourth-order valence-corrected chi connectivity index (χ4v) is 3.53. The number of hydrogen-bond donors (Lipinski definition) is 1. The van der Waals surface area contributed by atoms with Gasteiger partial charge in [0.25, 0.3) is 0 Å². The lowest BCUT2D eigenvalue weighted by molar-refractivity contribution is -0.118. The number of thioether (sulfide) groups is 1. The maximum absolute atomic E-state index is 11.8. The van der Waals surface area contributed by atoms with E-state index in [4.69, 9.17) is 0 Å². The molecule has 1 heterocycles. The number of hydrogen-bond acceptors (Lipinski definition) is 4. The van der Waals surface area contributed by atoms with E-state index in [0.29, 0.717) is 12.3 Å². The highest BCUT2D eigenvalue weighted by Crippen LogP contribution is 2.18. The minimum atomic E-state index is 0.0812. The Morgan fingerprint density at radius 1 is 1.40 bits per heavy atom. The van der Waals surface area contributed by atoms with Gasteiger partial charge in [0.2, 0.25) is 5.91 Å². The van der Waals surface area contributed by atoms with Crippen molar-refractivity contribution < 1.29 is 4.79 Å². The number of carbonyl (C=O) groups excluding carboxylic acids is 1. The van der Waals surface area contributed by atoms with Gasteiger partial charge < -0.3 is 5.32 Å². The van der Waals surface area contributed by atoms with Gasteiger partial charge in [0, 0.05) is 23.4 Å². The third kappa shape index (κ3) is 4.98. The molecule has 3 nitrogen and oxygen atoms in total. The lowest BCUT2D eigenvalue weighted by Crippen LogP contribution is -2.24. The predicted molar refractivity (Wildman–Crippen MR) is 86.0 cm³/mol. The Hall–Kier alpha value is -1.33. The average molecular weight is 306 g/mol. The molecule has 0 bridgehead atoms. The molecule has 1 amide bonds. The average Bonchev–Trinajstić information content (AvgIpc) is 2.82. The molecule has 0 spiro atoms. The number of nitrogens with zero attached hydrogens (tertiary/aromatic N) is 1. The third-order valence-corrected chi connectivity index (χ3v) is 4.80. The number of amides is 1. The van der Waals surface area contributed by atoms with E-state index in [-0.39, 0.29) is 5.91 Å². The van der Waals surface area contributed by atoms with Gasteiger partial charge >= 0.3 is 0 Å². The summed E-state index contributed by atoms with van der Waals surface area (Å²) in [5.41, 5.74) is 2.35. The summed E-state index contributed by atoms with van der Waals surface area (Å²) in [5.74, 6) is 1.42. The van der Waals surface area contributed by atoms with E-state index in [1.807, 2.05) is 25.3 Å². The molecule has 0 radical (unpaired) electrons. The zero-order valence-corrected chi connectivity index (χ0v) is 13.3. The molecule has 0 saturated heterocycles. The van der Waals surface area contributed by atoms with Crippen molar-refractivity contribution >= 4 is 29.0 Å². The lowest BCUT2D eigenvalue weighted by Gasteiger charge is -2.05. The van der Waals surface area contributed by atoms with Crippen molar-refractivity contribution in [1.29, 1.82) is 0 Å². The van der Waals surface area contributed by atoms with E-state index >= 15 is 0 Å². The number of rotatable bonds is 6. The number of aromatic nitrogens is 1. The van der Waals surface area contributed by atoms with Crippen LogP contribution in [0.1, 0.15) is 21.0 Å². The molecule has 0 atom stereocenters. The molecule has 0 saturated carbocycles. The van der Waals surface area contributed by atoms with Crippen molar-refractivity contribution in [3.8, 4) is 0 Å². The van der Waals surface area contributed by atoms with Crippen LogP contribution in [0.3, 0.4) is 0 Å². The molecule has 1 aromatic carbocycles. The van der Waals surface area contributed by atoms with Crippen LogP contribution in [-0.2, 0) is 17.1 Å². The van der Waals surface area contributed by atoms with Crippen molar-refractivity contribution in [3.63, 3.8) is 0 Å². The van der Waals surface area contributed by atoms with Crippen LogP contribution < -0.4 is 5.32 Å². The van der Waals surface area contributed by atoms with Gasteiger partial charge in [-0.2, -0.15) is 0 Å².